The molecule has 0 aliphatic rings. The highest BCUT2D eigenvalue weighted by Crippen LogP contribution is 2.26. The predicted octanol–water partition coefficient (Wildman–Crippen LogP) is 3.83. The molecule has 108 valence electrons. The standard InChI is InChI=1S/C16H21NO2S/c1-12(2)17-9-14-4-5-15(18-3)8-16(14)19-10-13-6-7-20-11-13/h4-8,11-12,17H,9-10H2,1-3H3. The van der Waals surface area contributed by atoms with Crippen molar-refractivity contribution in [1.29, 1.82) is 0 Å². The lowest BCUT2D eigenvalue weighted by molar-refractivity contribution is 0.299. The molecular weight excluding hydrogens is 270 g/mol. The average Bonchev–Trinajstić information content (AvgIpc) is 2.96. The number of hydrogen-bond acceptors (Lipinski definition) is 4. The molecule has 0 spiro atoms. The summed E-state index contributed by atoms with van der Waals surface area (Å²) in [4.78, 5) is 0. The first kappa shape index (κ1) is 14.9. The summed E-state index contributed by atoms with van der Waals surface area (Å²) in [5.74, 6) is 1.70. The molecule has 0 amide bonds. The van der Waals surface area contributed by atoms with Crippen molar-refractivity contribution < 1.29 is 9.47 Å². The topological polar surface area (TPSA) is 30.5 Å². The highest BCUT2D eigenvalue weighted by atomic mass is 32.1. The number of ether oxygens (including phenoxy) is 2. The largest absolute Gasteiger partial charge is 0.497 e. The molecule has 0 bridgehead atoms. The smallest absolute Gasteiger partial charge is 0.127 e. The van der Waals surface area contributed by atoms with Gasteiger partial charge in [0.15, 0.2) is 0 Å². The Hall–Kier alpha value is -1.52. The van der Waals surface area contributed by atoms with Gasteiger partial charge in [-0.15, -0.1) is 0 Å². The summed E-state index contributed by atoms with van der Waals surface area (Å²) in [5, 5.41) is 7.58. The van der Waals surface area contributed by atoms with Crippen LogP contribution in [0.15, 0.2) is 35.0 Å². The van der Waals surface area contributed by atoms with Gasteiger partial charge in [-0.25, -0.2) is 0 Å². The molecule has 1 N–H and O–H groups in total. The van der Waals surface area contributed by atoms with E-state index in [0.717, 1.165) is 23.6 Å². The molecule has 0 aliphatic heterocycles. The van der Waals surface area contributed by atoms with Crippen LogP contribution in [0, 0.1) is 0 Å². The lowest BCUT2D eigenvalue weighted by Gasteiger charge is -2.14. The van der Waals surface area contributed by atoms with E-state index in [1.807, 2.05) is 12.1 Å². The lowest BCUT2D eigenvalue weighted by atomic mass is 10.1. The average molecular weight is 291 g/mol. The molecule has 1 aromatic carbocycles. The van der Waals surface area contributed by atoms with Crippen molar-refractivity contribution in [2.24, 2.45) is 0 Å². The van der Waals surface area contributed by atoms with Gasteiger partial charge in [0.25, 0.3) is 0 Å². The molecule has 20 heavy (non-hydrogen) atoms. The fourth-order valence-corrected chi connectivity index (χ4v) is 2.45. The van der Waals surface area contributed by atoms with Crippen molar-refractivity contribution in [3.63, 3.8) is 0 Å². The predicted molar refractivity (Wildman–Crippen MR) is 83.6 cm³/mol. The molecule has 1 heterocycles. The van der Waals surface area contributed by atoms with Gasteiger partial charge in [-0.3, -0.25) is 0 Å². The molecule has 0 fully saturated rings. The number of rotatable bonds is 7. The molecule has 0 atom stereocenters. The van der Waals surface area contributed by atoms with Crippen LogP contribution in [-0.4, -0.2) is 13.2 Å². The molecule has 0 saturated carbocycles. The molecule has 4 heteroatoms. The van der Waals surface area contributed by atoms with Gasteiger partial charge in [0.2, 0.25) is 0 Å². The number of hydrogen-bond donors (Lipinski definition) is 1. The minimum atomic E-state index is 0.446. The lowest BCUT2D eigenvalue weighted by Crippen LogP contribution is -2.22. The van der Waals surface area contributed by atoms with Gasteiger partial charge in [-0.05, 0) is 28.5 Å². The minimum Gasteiger partial charge on any atom is -0.497 e. The Morgan fingerprint density at radius 1 is 1.25 bits per heavy atom. The second kappa shape index (κ2) is 7.31. The Labute approximate surface area is 124 Å². The molecule has 3 nitrogen and oxygen atoms in total. The van der Waals surface area contributed by atoms with Gasteiger partial charge in [0.05, 0.1) is 7.11 Å². The van der Waals surface area contributed by atoms with Crippen LogP contribution in [0.2, 0.25) is 0 Å². The van der Waals surface area contributed by atoms with Crippen molar-refractivity contribution in [2.45, 2.75) is 33.0 Å². The summed E-state index contributed by atoms with van der Waals surface area (Å²) in [5.41, 5.74) is 2.34. The molecule has 2 aromatic rings. The molecular formula is C16H21NO2S. The van der Waals surface area contributed by atoms with Gasteiger partial charge in [0.1, 0.15) is 18.1 Å². The Morgan fingerprint density at radius 2 is 2.10 bits per heavy atom. The fourth-order valence-electron chi connectivity index (χ4n) is 1.79. The number of nitrogens with one attached hydrogen (secondary N) is 1. The van der Waals surface area contributed by atoms with Crippen molar-refractivity contribution >= 4 is 11.3 Å². The van der Waals surface area contributed by atoms with Crippen LogP contribution in [0.3, 0.4) is 0 Å². The monoisotopic (exact) mass is 291 g/mol. The summed E-state index contributed by atoms with van der Waals surface area (Å²) in [6.07, 6.45) is 0. The molecule has 0 radical (unpaired) electrons. The Kier molecular flexibility index (Phi) is 5.44. The van der Waals surface area contributed by atoms with E-state index in [1.54, 1.807) is 18.4 Å². The maximum absolute atomic E-state index is 5.94. The maximum Gasteiger partial charge on any atom is 0.127 e. The Balaban J connectivity index is 2.09. The molecule has 2 rings (SSSR count). The summed E-state index contributed by atoms with van der Waals surface area (Å²) in [7, 11) is 1.67. The van der Waals surface area contributed by atoms with Gasteiger partial charge in [-0.2, -0.15) is 11.3 Å². The number of benzene rings is 1. The van der Waals surface area contributed by atoms with E-state index >= 15 is 0 Å². The van der Waals surface area contributed by atoms with Crippen molar-refractivity contribution in [2.75, 3.05) is 7.11 Å². The minimum absolute atomic E-state index is 0.446. The van der Waals surface area contributed by atoms with E-state index in [-0.39, 0.29) is 0 Å². The van der Waals surface area contributed by atoms with Crippen molar-refractivity contribution in [3.8, 4) is 11.5 Å². The van der Waals surface area contributed by atoms with E-state index in [4.69, 9.17) is 9.47 Å². The SMILES string of the molecule is COc1ccc(CNC(C)C)c(OCc2ccsc2)c1. The second-order valence-electron chi connectivity index (χ2n) is 4.93. The third-order valence-electron chi connectivity index (χ3n) is 2.95. The van der Waals surface area contributed by atoms with Crippen LogP contribution in [0.1, 0.15) is 25.0 Å². The van der Waals surface area contributed by atoms with Gasteiger partial charge < -0.3 is 14.8 Å². The van der Waals surface area contributed by atoms with Crippen LogP contribution >= 0.6 is 11.3 Å². The van der Waals surface area contributed by atoms with Crippen molar-refractivity contribution in [3.05, 3.63) is 46.2 Å². The molecule has 0 saturated heterocycles. The normalized spacial score (nSPS) is 10.8. The third-order valence-corrected chi connectivity index (χ3v) is 3.68. The van der Waals surface area contributed by atoms with E-state index in [1.165, 1.54) is 5.56 Å². The fraction of sp³-hybridized carbons (Fsp3) is 0.375. The Bertz CT molecular complexity index is 523. The first-order valence-corrected chi connectivity index (χ1v) is 7.67. The summed E-state index contributed by atoms with van der Waals surface area (Å²) in [6, 6.07) is 8.49. The summed E-state index contributed by atoms with van der Waals surface area (Å²) in [6.45, 7) is 5.65. The van der Waals surface area contributed by atoms with E-state index in [9.17, 15) is 0 Å². The van der Waals surface area contributed by atoms with Crippen LogP contribution in [0.25, 0.3) is 0 Å². The second-order valence-corrected chi connectivity index (χ2v) is 5.71. The molecule has 0 aliphatic carbocycles. The third kappa shape index (κ3) is 4.25. The number of thiophene rings is 1. The first-order chi connectivity index (χ1) is 9.69. The Morgan fingerprint density at radius 3 is 2.75 bits per heavy atom. The zero-order valence-corrected chi connectivity index (χ0v) is 13.0. The highest BCUT2D eigenvalue weighted by molar-refractivity contribution is 7.07. The number of methoxy groups -OCH3 is 1. The van der Waals surface area contributed by atoms with Gasteiger partial charge in [0, 0.05) is 24.2 Å². The zero-order chi connectivity index (χ0) is 14.4. The van der Waals surface area contributed by atoms with Gasteiger partial charge in [-0.1, -0.05) is 19.9 Å². The van der Waals surface area contributed by atoms with E-state index in [2.05, 4.69) is 42.1 Å². The quantitative estimate of drug-likeness (QED) is 0.841. The summed E-state index contributed by atoms with van der Waals surface area (Å²) >= 11 is 1.68. The highest BCUT2D eigenvalue weighted by Gasteiger charge is 2.07. The first-order valence-electron chi connectivity index (χ1n) is 6.73. The van der Waals surface area contributed by atoms with Crippen LogP contribution in [-0.2, 0) is 13.2 Å². The maximum atomic E-state index is 5.94. The van der Waals surface area contributed by atoms with Crippen LogP contribution in [0.4, 0.5) is 0 Å². The van der Waals surface area contributed by atoms with E-state index < -0.39 is 0 Å². The van der Waals surface area contributed by atoms with Gasteiger partial charge >= 0.3 is 0 Å². The van der Waals surface area contributed by atoms with Crippen LogP contribution < -0.4 is 14.8 Å². The summed E-state index contributed by atoms with van der Waals surface area (Å²) < 4.78 is 11.2. The van der Waals surface area contributed by atoms with E-state index in [0.29, 0.717) is 12.6 Å². The van der Waals surface area contributed by atoms with Crippen LogP contribution in [0.5, 0.6) is 11.5 Å². The molecule has 1 aromatic heterocycles. The zero-order valence-electron chi connectivity index (χ0n) is 12.2. The van der Waals surface area contributed by atoms with Crippen molar-refractivity contribution in [1.82, 2.24) is 5.32 Å². The molecule has 0 unspecified atom stereocenters.